The monoisotopic (exact) mass is 246 g/mol. The summed E-state index contributed by atoms with van der Waals surface area (Å²) in [6.07, 6.45) is 0. The van der Waals surface area contributed by atoms with E-state index in [9.17, 15) is 24.6 Å². The molecule has 17 heavy (non-hydrogen) atoms. The second-order valence-corrected chi connectivity index (χ2v) is 2.81. The number of hydrogen-bond acceptors (Lipinski definition) is 6. The molecule has 0 aliphatic heterocycles. The van der Waals surface area contributed by atoms with Crippen LogP contribution in [0.4, 0.5) is 15.8 Å². The normalized spacial score (nSPS) is 9.82. The van der Waals surface area contributed by atoms with E-state index in [1.165, 1.54) is 0 Å². The van der Waals surface area contributed by atoms with Crippen molar-refractivity contribution in [3.8, 4) is 11.5 Å². The van der Waals surface area contributed by atoms with Crippen LogP contribution in [-0.2, 0) is 0 Å². The van der Waals surface area contributed by atoms with Gasteiger partial charge < -0.3 is 9.47 Å². The molecule has 0 amide bonds. The van der Waals surface area contributed by atoms with Gasteiger partial charge in [0.05, 0.1) is 24.1 Å². The maximum Gasteiger partial charge on any atom is 0.394 e. The second-order valence-electron chi connectivity index (χ2n) is 2.81. The molecule has 1 aromatic rings. The van der Waals surface area contributed by atoms with E-state index in [1.54, 1.807) is 0 Å². The van der Waals surface area contributed by atoms with Crippen molar-refractivity contribution in [2.75, 3.05) is 14.2 Å². The summed E-state index contributed by atoms with van der Waals surface area (Å²) in [5.74, 6) is -2.15. The van der Waals surface area contributed by atoms with Crippen molar-refractivity contribution in [2.45, 2.75) is 0 Å². The van der Waals surface area contributed by atoms with Gasteiger partial charge in [0.2, 0.25) is 11.6 Å². The molecule has 0 aliphatic rings. The van der Waals surface area contributed by atoms with Crippen LogP contribution in [0.15, 0.2) is 6.07 Å². The number of rotatable bonds is 4. The van der Waals surface area contributed by atoms with Crippen molar-refractivity contribution in [1.29, 1.82) is 0 Å². The minimum absolute atomic E-state index is 0.290. The van der Waals surface area contributed by atoms with Crippen LogP contribution in [-0.4, -0.2) is 24.1 Å². The maximum absolute atomic E-state index is 13.3. The molecule has 0 aliphatic carbocycles. The number of ether oxygens (including phenoxy) is 2. The summed E-state index contributed by atoms with van der Waals surface area (Å²) in [4.78, 5) is 19.0. The van der Waals surface area contributed by atoms with Gasteiger partial charge in [-0.05, 0) is 0 Å². The van der Waals surface area contributed by atoms with Gasteiger partial charge in [-0.2, -0.15) is 4.39 Å². The Balaban J connectivity index is 3.73. The predicted octanol–water partition coefficient (Wildman–Crippen LogP) is 1.66. The number of methoxy groups -OCH3 is 2. The van der Waals surface area contributed by atoms with Gasteiger partial charge in [-0.25, -0.2) is 0 Å². The summed E-state index contributed by atoms with van der Waals surface area (Å²) in [5.41, 5.74) is -2.33. The number of nitro groups is 2. The Morgan fingerprint density at radius 2 is 1.65 bits per heavy atom. The Kier molecular flexibility index (Phi) is 3.41. The van der Waals surface area contributed by atoms with Crippen LogP contribution in [0.1, 0.15) is 0 Å². The van der Waals surface area contributed by atoms with Crippen LogP contribution in [0.2, 0.25) is 0 Å². The van der Waals surface area contributed by atoms with Gasteiger partial charge in [0.1, 0.15) is 0 Å². The van der Waals surface area contributed by atoms with Crippen molar-refractivity contribution in [3.63, 3.8) is 0 Å². The van der Waals surface area contributed by atoms with Crippen molar-refractivity contribution >= 4 is 11.4 Å². The molecule has 1 rings (SSSR count). The summed E-state index contributed by atoms with van der Waals surface area (Å²) in [6, 6.07) is 0.657. The lowest BCUT2D eigenvalue weighted by atomic mass is 10.2. The molecule has 92 valence electrons. The third-order valence-electron chi connectivity index (χ3n) is 1.94. The summed E-state index contributed by atoms with van der Waals surface area (Å²) in [5, 5.41) is 21.3. The van der Waals surface area contributed by atoms with E-state index in [1.807, 2.05) is 0 Å². The van der Waals surface area contributed by atoms with E-state index < -0.39 is 32.8 Å². The molecule has 0 fully saturated rings. The third kappa shape index (κ3) is 2.07. The van der Waals surface area contributed by atoms with Gasteiger partial charge in [-0.15, -0.1) is 0 Å². The molecule has 0 saturated heterocycles. The average Bonchev–Trinajstić information content (AvgIpc) is 2.26. The fourth-order valence-electron chi connectivity index (χ4n) is 1.28. The van der Waals surface area contributed by atoms with E-state index in [0.717, 1.165) is 14.2 Å². The topological polar surface area (TPSA) is 105 Å². The Hall–Kier alpha value is -2.45. The quantitative estimate of drug-likeness (QED) is 0.590. The Morgan fingerprint density at radius 3 is 2.00 bits per heavy atom. The molecule has 0 spiro atoms. The van der Waals surface area contributed by atoms with Gasteiger partial charge in [-0.1, -0.05) is 0 Å². The fourth-order valence-corrected chi connectivity index (χ4v) is 1.28. The molecule has 0 heterocycles. The first-order valence-electron chi connectivity index (χ1n) is 4.17. The van der Waals surface area contributed by atoms with Crippen molar-refractivity contribution in [2.24, 2.45) is 0 Å². The molecule has 0 saturated carbocycles. The van der Waals surface area contributed by atoms with E-state index in [4.69, 9.17) is 0 Å². The molecular formula is C8H7FN2O6. The highest BCUT2D eigenvalue weighted by atomic mass is 19.1. The van der Waals surface area contributed by atoms with Crippen LogP contribution in [0.25, 0.3) is 0 Å². The van der Waals surface area contributed by atoms with Gasteiger partial charge in [0.15, 0.2) is 5.75 Å². The number of nitrogens with zero attached hydrogens (tertiary/aromatic N) is 2. The largest absolute Gasteiger partial charge is 0.492 e. The maximum atomic E-state index is 13.3. The summed E-state index contributed by atoms with van der Waals surface area (Å²) < 4.78 is 22.6. The molecule has 0 aromatic heterocycles. The number of hydrogen-bond donors (Lipinski definition) is 0. The standard InChI is InChI=1S/C8H7FN2O6/c1-16-5-3-4(9)6(10(12)13)7(11(14)15)8(5)17-2/h3H,1-2H3. The molecule has 0 bridgehead atoms. The van der Waals surface area contributed by atoms with Crippen LogP contribution in [0, 0.1) is 26.0 Å². The molecule has 0 atom stereocenters. The highest BCUT2D eigenvalue weighted by molar-refractivity contribution is 5.68. The van der Waals surface area contributed by atoms with Crippen LogP contribution in [0.5, 0.6) is 11.5 Å². The Morgan fingerprint density at radius 1 is 1.12 bits per heavy atom. The molecule has 0 N–H and O–H groups in total. The molecule has 9 heteroatoms. The van der Waals surface area contributed by atoms with Crippen molar-refractivity contribution in [3.05, 3.63) is 32.1 Å². The van der Waals surface area contributed by atoms with Gasteiger partial charge in [0.25, 0.3) is 0 Å². The highest BCUT2D eigenvalue weighted by Gasteiger charge is 2.37. The molecular weight excluding hydrogens is 239 g/mol. The summed E-state index contributed by atoms with van der Waals surface area (Å²) in [7, 11) is 2.19. The van der Waals surface area contributed by atoms with Gasteiger partial charge in [0, 0.05) is 6.07 Å². The number of halogens is 1. The first kappa shape index (κ1) is 12.6. The minimum atomic E-state index is -1.36. The molecule has 0 unspecified atom stereocenters. The third-order valence-corrected chi connectivity index (χ3v) is 1.94. The zero-order valence-electron chi connectivity index (χ0n) is 8.80. The van der Waals surface area contributed by atoms with Crippen molar-refractivity contribution < 1.29 is 23.7 Å². The van der Waals surface area contributed by atoms with E-state index in [2.05, 4.69) is 9.47 Å². The molecule has 0 radical (unpaired) electrons. The zero-order chi connectivity index (χ0) is 13.2. The predicted molar refractivity (Wildman–Crippen MR) is 52.8 cm³/mol. The lowest BCUT2D eigenvalue weighted by Crippen LogP contribution is -2.04. The summed E-state index contributed by atoms with van der Waals surface area (Å²) >= 11 is 0. The first-order valence-corrected chi connectivity index (χ1v) is 4.17. The van der Waals surface area contributed by atoms with Crippen molar-refractivity contribution in [1.82, 2.24) is 0 Å². The number of nitro benzene ring substituents is 2. The van der Waals surface area contributed by atoms with E-state index in [-0.39, 0.29) is 5.75 Å². The summed E-state index contributed by atoms with van der Waals surface area (Å²) in [6.45, 7) is 0. The van der Waals surface area contributed by atoms with E-state index in [0.29, 0.717) is 6.07 Å². The highest BCUT2D eigenvalue weighted by Crippen LogP contribution is 2.44. The Labute approximate surface area is 93.9 Å². The molecule has 8 nitrogen and oxygen atoms in total. The van der Waals surface area contributed by atoms with Gasteiger partial charge >= 0.3 is 11.4 Å². The Bertz CT molecular complexity index is 489. The minimum Gasteiger partial charge on any atom is -0.492 e. The second kappa shape index (κ2) is 4.60. The number of benzene rings is 1. The van der Waals surface area contributed by atoms with Crippen LogP contribution >= 0.6 is 0 Å². The van der Waals surface area contributed by atoms with Crippen LogP contribution < -0.4 is 9.47 Å². The molecule has 1 aromatic carbocycles. The van der Waals surface area contributed by atoms with Gasteiger partial charge in [-0.3, -0.25) is 20.2 Å². The fraction of sp³-hybridized carbons (Fsp3) is 0.250. The average molecular weight is 246 g/mol. The van der Waals surface area contributed by atoms with Crippen LogP contribution in [0.3, 0.4) is 0 Å². The first-order chi connectivity index (χ1) is 7.93. The SMILES string of the molecule is COc1cc(F)c([N+](=O)[O-])c([N+](=O)[O-])c1OC. The lowest BCUT2D eigenvalue weighted by Gasteiger charge is -2.07. The lowest BCUT2D eigenvalue weighted by molar-refractivity contribution is -0.424. The van der Waals surface area contributed by atoms with E-state index >= 15 is 0 Å². The zero-order valence-corrected chi connectivity index (χ0v) is 8.80. The smallest absolute Gasteiger partial charge is 0.394 e.